The topological polar surface area (TPSA) is 123 Å². The zero-order valence-electron chi connectivity index (χ0n) is 26.4. The van der Waals surface area contributed by atoms with Crippen LogP contribution < -0.4 is 21.7 Å². The summed E-state index contributed by atoms with van der Waals surface area (Å²) in [5, 5.41) is 9.83. The molecular formula is C34H48ClN7O3. The summed E-state index contributed by atoms with van der Waals surface area (Å²) in [6.07, 6.45) is 7.15. The number of hydrogen-bond acceptors (Lipinski definition) is 6. The Bertz CT molecular complexity index is 1320. The van der Waals surface area contributed by atoms with E-state index in [0.29, 0.717) is 49.5 Å². The Morgan fingerprint density at radius 1 is 0.911 bits per heavy atom. The lowest BCUT2D eigenvalue weighted by atomic mass is 9.99. The number of carbonyl (C=O) groups excluding carboxylic acids is 3. The van der Waals surface area contributed by atoms with Crippen LogP contribution in [-0.4, -0.2) is 89.9 Å². The van der Waals surface area contributed by atoms with Gasteiger partial charge in [-0.15, -0.1) is 0 Å². The number of benzene rings is 2. The largest absolute Gasteiger partial charge is 0.398 e. The summed E-state index contributed by atoms with van der Waals surface area (Å²) in [7, 11) is 0. The molecule has 0 spiro atoms. The van der Waals surface area contributed by atoms with Gasteiger partial charge in [0.1, 0.15) is 6.04 Å². The van der Waals surface area contributed by atoms with Crippen LogP contribution >= 0.6 is 11.6 Å². The third-order valence-corrected chi connectivity index (χ3v) is 9.82. The van der Waals surface area contributed by atoms with Gasteiger partial charge in [0.25, 0.3) is 0 Å². The Kier molecular flexibility index (Phi) is 11.6. The van der Waals surface area contributed by atoms with Crippen LogP contribution in [0, 0.1) is 6.92 Å². The van der Waals surface area contributed by atoms with Crippen molar-refractivity contribution in [2.45, 2.75) is 83.0 Å². The number of rotatable bonds is 9. The Balaban J connectivity index is 1.18. The number of nitrogens with one attached hydrogen (secondary N) is 3. The molecule has 3 aliphatic rings. The minimum Gasteiger partial charge on any atom is -0.398 e. The maximum Gasteiger partial charge on any atom is 0.319 e. The predicted octanol–water partition coefficient (Wildman–Crippen LogP) is 4.37. The van der Waals surface area contributed by atoms with E-state index in [4.69, 9.17) is 17.3 Å². The molecule has 5 rings (SSSR count). The van der Waals surface area contributed by atoms with Crippen molar-refractivity contribution < 1.29 is 14.4 Å². The van der Waals surface area contributed by atoms with E-state index in [2.05, 4.69) is 20.9 Å². The van der Waals surface area contributed by atoms with Crippen molar-refractivity contribution in [3.63, 3.8) is 0 Å². The number of hydrogen-bond donors (Lipinski definition) is 4. The van der Waals surface area contributed by atoms with Crippen LogP contribution in [0.5, 0.6) is 0 Å². The third-order valence-electron chi connectivity index (χ3n) is 9.59. The Morgan fingerprint density at radius 2 is 1.60 bits per heavy atom. The second kappa shape index (κ2) is 15.8. The van der Waals surface area contributed by atoms with Crippen molar-refractivity contribution in [1.29, 1.82) is 0 Å². The SMILES string of the molecule is Cc1cc(Cl)ccc1NC(=O)N[C@@H](CC(=O)N1CCC(NCc2ccccc2N)CC1)C(=O)N1CCC(N2CCCCC2)CC1. The van der Waals surface area contributed by atoms with Gasteiger partial charge in [0.2, 0.25) is 11.8 Å². The number of halogens is 1. The number of piperidine rings is 3. The van der Waals surface area contributed by atoms with Crippen molar-refractivity contribution in [3.05, 3.63) is 58.6 Å². The smallest absolute Gasteiger partial charge is 0.319 e. The highest BCUT2D eigenvalue weighted by molar-refractivity contribution is 6.30. The zero-order valence-corrected chi connectivity index (χ0v) is 27.2. The van der Waals surface area contributed by atoms with Crippen LogP contribution in [0.2, 0.25) is 5.02 Å². The van der Waals surface area contributed by atoms with Gasteiger partial charge in [0.15, 0.2) is 0 Å². The summed E-state index contributed by atoms with van der Waals surface area (Å²) in [4.78, 5) is 46.8. The summed E-state index contributed by atoms with van der Waals surface area (Å²) in [5.74, 6) is -0.314. The first-order valence-electron chi connectivity index (χ1n) is 16.5. The van der Waals surface area contributed by atoms with Gasteiger partial charge in [0.05, 0.1) is 6.42 Å². The van der Waals surface area contributed by atoms with Crippen LogP contribution in [0.1, 0.15) is 62.5 Å². The second-order valence-electron chi connectivity index (χ2n) is 12.7. The van der Waals surface area contributed by atoms with E-state index >= 15 is 0 Å². The van der Waals surface area contributed by atoms with E-state index in [0.717, 1.165) is 55.6 Å². The molecule has 3 fully saturated rings. The standard InChI is InChI=1S/C34H48ClN7O3/c1-24-21-26(35)9-10-30(24)38-34(45)39-31(33(44)42-19-13-28(14-20-42)40-15-5-2-6-16-40)22-32(43)41-17-11-27(12-18-41)37-23-25-7-3-4-8-29(25)36/h3-4,7-10,21,27-28,31,37H,2,5-6,11-20,22-23,36H2,1H3,(H2,38,39,45)/t31-/m0/s1. The van der Waals surface area contributed by atoms with Gasteiger partial charge >= 0.3 is 6.03 Å². The lowest BCUT2D eigenvalue weighted by Crippen LogP contribution is -2.55. The van der Waals surface area contributed by atoms with Gasteiger partial charge in [-0.05, 0) is 93.9 Å². The van der Waals surface area contributed by atoms with Crippen LogP contribution in [0.3, 0.4) is 0 Å². The third kappa shape index (κ3) is 9.11. The number of urea groups is 1. The van der Waals surface area contributed by atoms with Crippen LogP contribution in [0.4, 0.5) is 16.2 Å². The van der Waals surface area contributed by atoms with E-state index in [1.165, 1.54) is 19.3 Å². The molecule has 3 aliphatic heterocycles. The summed E-state index contributed by atoms with van der Waals surface area (Å²) in [5.41, 5.74) is 9.33. The van der Waals surface area contributed by atoms with Gasteiger partial charge in [-0.3, -0.25) is 9.59 Å². The molecule has 1 atom stereocenters. The fraction of sp³-hybridized carbons (Fsp3) is 0.559. The normalized spacial score (nSPS) is 19.2. The summed E-state index contributed by atoms with van der Waals surface area (Å²) in [6.45, 7) is 7.26. The number of likely N-dealkylation sites (tertiary alicyclic amines) is 3. The van der Waals surface area contributed by atoms with Crippen LogP contribution in [0.25, 0.3) is 0 Å². The minimum absolute atomic E-state index is 0.0729. The van der Waals surface area contributed by atoms with Gasteiger partial charge in [-0.1, -0.05) is 36.2 Å². The van der Waals surface area contributed by atoms with Crippen molar-refractivity contribution in [3.8, 4) is 0 Å². The van der Waals surface area contributed by atoms with Crippen molar-refractivity contribution in [2.75, 3.05) is 50.3 Å². The molecule has 45 heavy (non-hydrogen) atoms. The highest BCUT2D eigenvalue weighted by atomic mass is 35.5. The van der Waals surface area contributed by atoms with Crippen molar-refractivity contribution >= 4 is 40.8 Å². The monoisotopic (exact) mass is 637 g/mol. The molecule has 5 N–H and O–H groups in total. The quantitative estimate of drug-likeness (QED) is 0.303. The van der Waals surface area contributed by atoms with Crippen LogP contribution in [0.15, 0.2) is 42.5 Å². The van der Waals surface area contributed by atoms with E-state index < -0.39 is 12.1 Å². The molecular weight excluding hydrogens is 590 g/mol. The first-order valence-corrected chi connectivity index (χ1v) is 16.9. The fourth-order valence-corrected chi connectivity index (χ4v) is 7.05. The average Bonchev–Trinajstić information content (AvgIpc) is 3.06. The lowest BCUT2D eigenvalue weighted by molar-refractivity contribution is -0.140. The molecule has 0 bridgehead atoms. The number of nitrogens with two attached hydrogens (primary N) is 1. The number of aryl methyl sites for hydroxylation is 1. The van der Waals surface area contributed by atoms with Gasteiger partial charge in [0, 0.05) is 61.2 Å². The first kappa shape index (κ1) is 33.0. The maximum absolute atomic E-state index is 13.9. The van der Waals surface area contributed by atoms with Gasteiger partial charge in [-0.2, -0.15) is 0 Å². The van der Waals surface area contributed by atoms with Gasteiger partial charge < -0.3 is 36.4 Å². The Morgan fingerprint density at radius 3 is 2.29 bits per heavy atom. The molecule has 4 amide bonds. The summed E-state index contributed by atoms with van der Waals surface area (Å²) >= 11 is 6.08. The number of para-hydroxylation sites is 1. The Labute approximate surface area is 272 Å². The molecule has 10 nitrogen and oxygen atoms in total. The van der Waals surface area contributed by atoms with E-state index in [-0.39, 0.29) is 24.3 Å². The highest BCUT2D eigenvalue weighted by Crippen LogP contribution is 2.23. The molecule has 2 aromatic carbocycles. The lowest BCUT2D eigenvalue weighted by Gasteiger charge is -2.41. The molecule has 0 unspecified atom stereocenters. The molecule has 3 heterocycles. The predicted molar refractivity (Wildman–Crippen MR) is 179 cm³/mol. The zero-order chi connectivity index (χ0) is 31.8. The number of anilines is 2. The highest BCUT2D eigenvalue weighted by Gasteiger charge is 2.34. The molecule has 0 aromatic heterocycles. The number of nitrogen functional groups attached to an aromatic ring is 1. The average molecular weight is 638 g/mol. The maximum atomic E-state index is 13.9. The first-order chi connectivity index (χ1) is 21.8. The molecule has 2 aromatic rings. The number of carbonyl (C=O) groups is 3. The Hall–Kier alpha value is -3.34. The molecule has 244 valence electrons. The minimum atomic E-state index is -0.950. The fourth-order valence-electron chi connectivity index (χ4n) is 6.83. The summed E-state index contributed by atoms with van der Waals surface area (Å²) in [6, 6.07) is 12.3. The summed E-state index contributed by atoms with van der Waals surface area (Å²) < 4.78 is 0. The van der Waals surface area contributed by atoms with Gasteiger partial charge in [-0.25, -0.2) is 4.79 Å². The second-order valence-corrected chi connectivity index (χ2v) is 13.1. The molecule has 11 heteroatoms. The molecule has 0 aliphatic carbocycles. The number of amides is 4. The van der Waals surface area contributed by atoms with Crippen molar-refractivity contribution in [2.24, 2.45) is 0 Å². The molecule has 3 saturated heterocycles. The van der Waals surface area contributed by atoms with E-state index in [1.807, 2.05) is 41.0 Å². The van der Waals surface area contributed by atoms with E-state index in [9.17, 15) is 14.4 Å². The van der Waals surface area contributed by atoms with Crippen molar-refractivity contribution in [1.82, 2.24) is 25.3 Å². The molecule has 0 saturated carbocycles. The number of nitrogens with zero attached hydrogens (tertiary/aromatic N) is 3. The molecule has 0 radical (unpaired) electrons. The van der Waals surface area contributed by atoms with E-state index in [1.54, 1.807) is 18.2 Å². The van der Waals surface area contributed by atoms with Crippen LogP contribution in [-0.2, 0) is 16.1 Å².